The van der Waals surface area contributed by atoms with Crippen molar-refractivity contribution in [3.8, 4) is 11.8 Å². The SMILES string of the molecule is NC(=O)c1ccccc1Nc1nc(Nc2ccc(C3CCN(C(=O)NC4CCC(NC5CC(C#Cc6ccc7c(c6)CN(C6CCC(=O)NC6=O)C7=O)C5)CC4)CC3)cc2)ncc1Cl. The zero-order chi connectivity index (χ0) is 44.3. The highest BCUT2D eigenvalue weighted by Gasteiger charge is 2.39. The number of aromatic nitrogens is 2. The Labute approximate surface area is 376 Å². The molecule has 2 saturated carbocycles. The van der Waals surface area contributed by atoms with Gasteiger partial charge in [-0.25, -0.2) is 9.78 Å². The van der Waals surface area contributed by atoms with Crippen LogP contribution in [0.1, 0.15) is 108 Å². The molecule has 4 aromatic rings. The third-order valence-corrected chi connectivity index (χ3v) is 13.5. The summed E-state index contributed by atoms with van der Waals surface area (Å²) >= 11 is 6.37. The van der Waals surface area contributed by atoms with Crippen LogP contribution < -0.4 is 32.3 Å². The van der Waals surface area contributed by atoms with Crippen molar-refractivity contribution in [2.75, 3.05) is 23.7 Å². The van der Waals surface area contributed by atoms with Gasteiger partial charge in [0, 0.05) is 66.9 Å². The number of amides is 6. The van der Waals surface area contributed by atoms with Crippen molar-refractivity contribution >= 4 is 64.4 Å². The highest BCUT2D eigenvalue weighted by Crippen LogP contribution is 2.33. The van der Waals surface area contributed by atoms with E-state index in [9.17, 15) is 24.0 Å². The standard InChI is InChI=1S/C48H51ClN10O5/c49-39-26-51-47(57-44(39)55-40-4-2-1-3-38(40)43(50)61)53-34-10-8-30(9-11-34)31-19-21-58(22-20-31)48(64)54-35-14-12-33(13-15-35)52-36-24-29(25-36)6-5-28-7-16-37-32(23-28)27-59(46(37)63)41-17-18-42(60)56-45(41)62/h1-4,7-11,16,23,26,29,31,33,35-36,41,52H,12-15,17-22,24-25,27H2,(H2,50,61)(H,54,64)(H,56,60,62)(H2,51,53,55,57). The average molecular weight is 883 g/mol. The molecular formula is C48H51ClN10O5. The summed E-state index contributed by atoms with van der Waals surface area (Å²) in [4.78, 5) is 74.5. The number of carbonyl (C=O) groups is 5. The molecule has 16 heteroatoms. The zero-order valence-corrected chi connectivity index (χ0v) is 36.1. The van der Waals surface area contributed by atoms with Crippen LogP contribution in [-0.2, 0) is 16.1 Å². The number of hydrogen-bond acceptors (Lipinski definition) is 10. The van der Waals surface area contributed by atoms with E-state index in [1.165, 1.54) is 11.8 Å². The molecular weight excluding hydrogens is 832 g/mol. The van der Waals surface area contributed by atoms with Crippen LogP contribution >= 0.6 is 11.6 Å². The molecule has 15 nitrogen and oxygen atoms in total. The van der Waals surface area contributed by atoms with Gasteiger partial charge in [-0.15, -0.1) is 0 Å². The summed E-state index contributed by atoms with van der Waals surface area (Å²) in [5.41, 5.74) is 10.7. The second-order valence-corrected chi connectivity index (χ2v) is 17.9. The molecule has 0 spiro atoms. The fraction of sp³-hybridized carbons (Fsp3) is 0.396. The molecule has 1 atom stereocenters. The molecule has 4 fully saturated rings. The quantitative estimate of drug-likeness (QED) is 0.0799. The average Bonchev–Trinajstić information content (AvgIpc) is 3.61. The van der Waals surface area contributed by atoms with Crippen molar-refractivity contribution < 1.29 is 24.0 Å². The van der Waals surface area contributed by atoms with Crippen molar-refractivity contribution in [2.24, 2.45) is 11.7 Å². The Kier molecular flexibility index (Phi) is 12.5. The molecule has 4 heterocycles. The van der Waals surface area contributed by atoms with Gasteiger partial charge in [-0.3, -0.25) is 24.5 Å². The van der Waals surface area contributed by atoms with Crippen LogP contribution in [-0.4, -0.2) is 86.7 Å². The Hall–Kier alpha value is -6.50. The number of nitrogens with one attached hydrogen (secondary N) is 5. The number of carbonyl (C=O) groups excluding carboxylic acids is 5. The summed E-state index contributed by atoms with van der Waals surface area (Å²) in [5, 5.41) is 16.1. The molecule has 2 saturated heterocycles. The number of para-hydroxylation sites is 1. The van der Waals surface area contributed by atoms with Gasteiger partial charge in [-0.2, -0.15) is 4.98 Å². The molecule has 330 valence electrons. The molecule has 64 heavy (non-hydrogen) atoms. The van der Waals surface area contributed by atoms with Gasteiger partial charge >= 0.3 is 6.03 Å². The van der Waals surface area contributed by atoms with E-state index in [0.29, 0.717) is 83.6 Å². The van der Waals surface area contributed by atoms with E-state index in [1.807, 2.05) is 29.2 Å². The van der Waals surface area contributed by atoms with Gasteiger partial charge < -0.3 is 36.8 Å². The minimum Gasteiger partial charge on any atom is -0.366 e. The fourth-order valence-corrected chi connectivity index (χ4v) is 9.68. The normalized spacial score (nSPS) is 23.3. The number of halogens is 1. The largest absolute Gasteiger partial charge is 0.366 e. The van der Waals surface area contributed by atoms with Crippen LogP contribution in [0.25, 0.3) is 0 Å². The highest BCUT2D eigenvalue weighted by atomic mass is 35.5. The van der Waals surface area contributed by atoms with Crippen molar-refractivity contribution in [3.05, 3.63) is 106 Å². The van der Waals surface area contributed by atoms with Crippen molar-refractivity contribution in [1.29, 1.82) is 0 Å². The first-order valence-electron chi connectivity index (χ1n) is 22.2. The van der Waals surface area contributed by atoms with Crippen molar-refractivity contribution in [2.45, 2.75) is 101 Å². The van der Waals surface area contributed by atoms with Crippen LogP contribution in [0, 0.1) is 17.8 Å². The minimum atomic E-state index is -0.624. The number of nitrogens with zero attached hydrogens (tertiary/aromatic N) is 4. The van der Waals surface area contributed by atoms with Crippen molar-refractivity contribution in [3.63, 3.8) is 0 Å². The first-order valence-corrected chi connectivity index (χ1v) is 22.6. The maximum atomic E-state index is 13.3. The number of nitrogens with two attached hydrogens (primary N) is 1. The Morgan fingerprint density at radius 1 is 0.859 bits per heavy atom. The van der Waals surface area contributed by atoms with E-state index >= 15 is 0 Å². The molecule has 3 aromatic carbocycles. The van der Waals surface area contributed by atoms with E-state index in [1.54, 1.807) is 35.2 Å². The van der Waals surface area contributed by atoms with Gasteiger partial charge in [0.1, 0.15) is 11.1 Å². The Bertz CT molecular complexity index is 2520. The van der Waals surface area contributed by atoms with Crippen LogP contribution in [0.5, 0.6) is 0 Å². The molecule has 5 aliphatic rings. The third-order valence-electron chi connectivity index (χ3n) is 13.2. The minimum absolute atomic E-state index is 0.0337. The third kappa shape index (κ3) is 9.68. The Morgan fingerprint density at radius 3 is 2.36 bits per heavy atom. The van der Waals surface area contributed by atoms with Crippen molar-refractivity contribution in [1.82, 2.24) is 35.7 Å². The number of urea groups is 1. The second-order valence-electron chi connectivity index (χ2n) is 17.5. The lowest BCUT2D eigenvalue weighted by molar-refractivity contribution is -0.136. The predicted octanol–water partition coefficient (Wildman–Crippen LogP) is 6.10. The van der Waals surface area contributed by atoms with Gasteiger partial charge in [0.25, 0.3) is 11.8 Å². The molecule has 9 rings (SSSR count). The molecule has 6 amide bonds. The Balaban J connectivity index is 0.670. The maximum Gasteiger partial charge on any atom is 0.317 e. The molecule has 1 aromatic heterocycles. The summed E-state index contributed by atoms with van der Waals surface area (Å²) < 4.78 is 0. The van der Waals surface area contributed by atoms with Gasteiger partial charge in [0.2, 0.25) is 17.8 Å². The fourth-order valence-electron chi connectivity index (χ4n) is 9.55. The lowest BCUT2D eigenvalue weighted by atomic mass is 9.79. The number of fused-ring (bicyclic) bond motifs is 1. The zero-order valence-electron chi connectivity index (χ0n) is 35.4. The van der Waals surface area contributed by atoms with Gasteiger partial charge in [0.15, 0.2) is 5.82 Å². The van der Waals surface area contributed by atoms with E-state index in [4.69, 9.17) is 17.3 Å². The monoisotopic (exact) mass is 882 g/mol. The molecule has 0 bridgehead atoms. The summed E-state index contributed by atoms with van der Waals surface area (Å²) in [6, 6.07) is 21.2. The topological polar surface area (TPSA) is 204 Å². The highest BCUT2D eigenvalue weighted by molar-refractivity contribution is 6.33. The molecule has 1 unspecified atom stereocenters. The van der Waals surface area contributed by atoms with E-state index in [-0.39, 0.29) is 30.3 Å². The molecule has 7 N–H and O–H groups in total. The number of anilines is 4. The first kappa shape index (κ1) is 42.8. The molecule has 3 aliphatic heterocycles. The second kappa shape index (κ2) is 18.7. The van der Waals surface area contributed by atoms with E-state index in [2.05, 4.69) is 60.5 Å². The van der Waals surface area contributed by atoms with Gasteiger partial charge in [-0.1, -0.05) is 47.7 Å². The predicted molar refractivity (Wildman–Crippen MR) is 242 cm³/mol. The summed E-state index contributed by atoms with van der Waals surface area (Å²) in [5.74, 6) is 6.65. The number of imide groups is 1. The van der Waals surface area contributed by atoms with Gasteiger partial charge in [-0.05, 0) is 117 Å². The van der Waals surface area contributed by atoms with Crippen LogP contribution in [0.2, 0.25) is 5.02 Å². The summed E-state index contributed by atoms with van der Waals surface area (Å²) in [7, 11) is 0. The number of benzene rings is 3. The van der Waals surface area contributed by atoms with Crippen LogP contribution in [0.15, 0.2) is 72.9 Å². The lowest BCUT2D eigenvalue weighted by Crippen LogP contribution is -2.52. The number of piperidine rings is 2. The summed E-state index contributed by atoms with van der Waals surface area (Å²) in [6.45, 7) is 1.77. The molecule has 2 aliphatic carbocycles. The van der Waals surface area contributed by atoms with E-state index in [0.717, 1.165) is 68.2 Å². The summed E-state index contributed by atoms with van der Waals surface area (Å²) in [6.07, 6.45) is 9.84. The lowest BCUT2D eigenvalue weighted by Gasteiger charge is -2.39. The first-order chi connectivity index (χ1) is 31.0. The Morgan fingerprint density at radius 2 is 1.61 bits per heavy atom. The van der Waals surface area contributed by atoms with Crippen LogP contribution in [0.4, 0.5) is 27.9 Å². The van der Waals surface area contributed by atoms with E-state index < -0.39 is 17.9 Å². The number of rotatable bonds is 10. The number of hydrogen-bond donors (Lipinski definition) is 6. The maximum absolute atomic E-state index is 13.3. The van der Waals surface area contributed by atoms with Crippen LogP contribution in [0.3, 0.4) is 0 Å². The number of primary amides is 1. The van der Waals surface area contributed by atoms with Gasteiger partial charge in [0.05, 0.1) is 17.4 Å². The number of likely N-dealkylation sites (tertiary alicyclic amines) is 1. The molecule has 0 radical (unpaired) electrons. The smallest absolute Gasteiger partial charge is 0.317 e.